The van der Waals surface area contributed by atoms with Crippen molar-refractivity contribution in [2.45, 2.75) is 20.0 Å². The number of amides is 2. The number of hydrogen-bond donors (Lipinski definition) is 2. The maximum atomic E-state index is 11.6. The van der Waals surface area contributed by atoms with Crippen LogP contribution in [-0.4, -0.2) is 55.0 Å². The second kappa shape index (κ2) is 5.92. The average Bonchev–Trinajstić information content (AvgIpc) is 2.26. The number of morpholine rings is 1. The fourth-order valence-electron chi connectivity index (χ4n) is 1.31. The van der Waals surface area contributed by atoms with Crippen LogP contribution < -0.4 is 5.32 Å². The molecule has 15 heavy (non-hydrogen) atoms. The van der Waals surface area contributed by atoms with Crippen LogP contribution in [0.1, 0.15) is 13.8 Å². The second-order valence-electron chi connectivity index (χ2n) is 4.10. The quantitative estimate of drug-likeness (QED) is 0.700. The van der Waals surface area contributed by atoms with E-state index in [9.17, 15) is 9.90 Å². The van der Waals surface area contributed by atoms with Crippen molar-refractivity contribution in [1.82, 2.24) is 10.2 Å². The number of nitrogens with one attached hydrogen (secondary N) is 1. The molecule has 1 unspecified atom stereocenters. The van der Waals surface area contributed by atoms with E-state index in [4.69, 9.17) is 4.74 Å². The maximum absolute atomic E-state index is 11.6. The normalized spacial score (nSPS) is 19.1. The van der Waals surface area contributed by atoms with E-state index in [-0.39, 0.29) is 11.9 Å². The van der Waals surface area contributed by atoms with E-state index in [1.165, 1.54) is 0 Å². The van der Waals surface area contributed by atoms with Gasteiger partial charge in [-0.15, -0.1) is 0 Å². The minimum absolute atomic E-state index is 0.113. The van der Waals surface area contributed by atoms with Gasteiger partial charge in [-0.2, -0.15) is 0 Å². The van der Waals surface area contributed by atoms with Gasteiger partial charge in [-0.05, 0) is 5.92 Å². The zero-order valence-electron chi connectivity index (χ0n) is 9.40. The maximum Gasteiger partial charge on any atom is 0.317 e. The fourth-order valence-corrected chi connectivity index (χ4v) is 1.31. The molecule has 0 aromatic carbocycles. The summed E-state index contributed by atoms with van der Waals surface area (Å²) >= 11 is 0. The molecule has 1 aliphatic rings. The van der Waals surface area contributed by atoms with Gasteiger partial charge in [-0.1, -0.05) is 13.8 Å². The summed E-state index contributed by atoms with van der Waals surface area (Å²) in [4.78, 5) is 13.3. The number of aliphatic hydroxyl groups is 1. The molecule has 1 rings (SSSR count). The molecule has 1 aliphatic heterocycles. The lowest BCUT2D eigenvalue weighted by atomic mass is 10.1. The highest BCUT2D eigenvalue weighted by molar-refractivity contribution is 5.74. The first-order valence-corrected chi connectivity index (χ1v) is 5.40. The van der Waals surface area contributed by atoms with Crippen LogP contribution in [0, 0.1) is 5.92 Å². The number of nitrogens with zero attached hydrogens (tertiary/aromatic N) is 1. The highest BCUT2D eigenvalue weighted by Crippen LogP contribution is 2.00. The molecule has 1 atom stereocenters. The van der Waals surface area contributed by atoms with Crippen LogP contribution in [-0.2, 0) is 4.74 Å². The summed E-state index contributed by atoms with van der Waals surface area (Å²) in [6.45, 7) is 6.61. The monoisotopic (exact) mass is 216 g/mol. The van der Waals surface area contributed by atoms with Crippen LogP contribution in [0.15, 0.2) is 0 Å². The zero-order valence-corrected chi connectivity index (χ0v) is 9.40. The molecule has 2 N–H and O–H groups in total. The molecule has 0 bridgehead atoms. The lowest BCUT2D eigenvalue weighted by Gasteiger charge is -2.27. The van der Waals surface area contributed by atoms with Gasteiger partial charge in [0, 0.05) is 19.6 Å². The summed E-state index contributed by atoms with van der Waals surface area (Å²) in [6.07, 6.45) is -0.477. The molecule has 5 nitrogen and oxygen atoms in total. The highest BCUT2D eigenvalue weighted by Gasteiger charge is 2.17. The molecular formula is C10H20N2O3. The molecule has 1 heterocycles. The van der Waals surface area contributed by atoms with Crippen molar-refractivity contribution in [2.24, 2.45) is 5.92 Å². The molecule has 88 valence electrons. The van der Waals surface area contributed by atoms with E-state index in [0.29, 0.717) is 32.8 Å². The van der Waals surface area contributed by atoms with Crippen molar-refractivity contribution in [3.63, 3.8) is 0 Å². The predicted octanol–water partition coefficient (Wildman–Crippen LogP) is 0.0451. The number of carbonyl (C=O) groups excluding carboxylic acids is 1. The lowest BCUT2D eigenvalue weighted by Crippen LogP contribution is -2.48. The Morgan fingerprint density at radius 2 is 2.07 bits per heavy atom. The number of ether oxygens (including phenoxy) is 1. The van der Waals surface area contributed by atoms with E-state index in [1.54, 1.807) is 4.90 Å². The number of carbonyl (C=O) groups is 1. The molecule has 2 amide bonds. The van der Waals surface area contributed by atoms with Gasteiger partial charge in [0.2, 0.25) is 0 Å². The first kappa shape index (κ1) is 12.3. The Labute approximate surface area is 90.4 Å². The highest BCUT2D eigenvalue weighted by atomic mass is 16.5. The van der Waals surface area contributed by atoms with Crippen molar-refractivity contribution in [1.29, 1.82) is 0 Å². The number of hydrogen-bond acceptors (Lipinski definition) is 3. The van der Waals surface area contributed by atoms with Crippen molar-refractivity contribution in [2.75, 3.05) is 32.8 Å². The van der Waals surface area contributed by atoms with Crippen molar-refractivity contribution >= 4 is 6.03 Å². The SMILES string of the molecule is CC(C)C(O)CNC(=O)N1CCOCC1. The molecule has 1 fully saturated rings. The third kappa shape index (κ3) is 4.05. The molecule has 0 aromatic heterocycles. The first-order valence-electron chi connectivity index (χ1n) is 5.40. The summed E-state index contributed by atoms with van der Waals surface area (Å²) in [5.74, 6) is 0.162. The van der Waals surface area contributed by atoms with Gasteiger partial charge in [-0.3, -0.25) is 0 Å². The summed E-state index contributed by atoms with van der Waals surface area (Å²) in [6, 6.07) is -0.113. The van der Waals surface area contributed by atoms with E-state index >= 15 is 0 Å². The Morgan fingerprint density at radius 1 is 1.47 bits per heavy atom. The Balaban J connectivity index is 2.22. The van der Waals surface area contributed by atoms with Gasteiger partial charge in [0.1, 0.15) is 0 Å². The van der Waals surface area contributed by atoms with Crippen LogP contribution in [0.4, 0.5) is 4.79 Å². The molecular weight excluding hydrogens is 196 g/mol. The largest absolute Gasteiger partial charge is 0.391 e. The second-order valence-corrected chi connectivity index (χ2v) is 4.10. The van der Waals surface area contributed by atoms with Crippen LogP contribution in [0.5, 0.6) is 0 Å². The lowest BCUT2D eigenvalue weighted by molar-refractivity contribution is 0.0513. The Kier molecular flexibility index (Phi) is 4.84. The van der Waals surface area contributed by atoms with E-state index in [1.807, 2.05) is 13.8 Å². The topological polar surface area (TPSA) is 61.8 Å². The number of urea groups is 1. The average molecular weight is 216 g/mol. The molecule has 0 aliphatic carbocycles. The predicted molar refractivity (Wildman–Crippen MR) is 56.6 cm³/mol. The summed E-state index contributed by atoms with van der Waals surface area (Å²) in [5.41, 5.74) is 0. The summed E-state index contributed by atoms with van der Waals surface area (Å²) in [5, 5.41) is 12.2. The van der Waals surface area contributed by atoms with E-state index < -0.39 is 6.10 Å². The van der Waals surface area contributed by atoms with E-state index in [2.05, 4.69) is 5.32 Å². The Morgan fingerprint density at radius 3 is 2.60 bits per heavy atom. The minimum atomic E-state index is -0.477. The van der Waals surface area contributed by atoms with Gasteiger partial charge in [0.15, 0.2) is 0 Å². The molecule has 1 saturated heterocycles. The molecule has 5 heteroatoms. The summed E-state index contributed by atoms with van der Waals surface area (Å²) < 4.78 is 5.14. The zero-order chi connectivity index (χ0) is 11.3. The van der Waals surface area contributed by atoms with Crippen LogP contribution in [0.25, 0.3) is 0 Å². The van der Waals surface area contributed by atoms with Gasteiger partial charge in [-0.25, -0.2) is 4.79 Å². The van der Waals surface area contributed by atoms with Crippen molar-refractivity contribution in [3.05, 3.63) is 0 Å². The van der Waals surface area contributed by atoms with Gasteiger partial charge in [0.25, 0.3) is 0 Å². The molecule has 0 spiro atoms. The molecule has 0 radical (unpaired) electrons. The number of rotatable bonds is 3. The van der Waals surface area contributed by atoms with Crippen molar-refractivity contribution in [3.8, 4) is 0 Å². The van der Waals surface area contributed by atoms with Crippen molar-refractivity contribution < 1.29 is 14.6 Å². The van der Waals surface area contributed by atoms with E-state index in [0.717, 1.165) is 0 Å². The summed E-state index contributed by atoms with van der Waals surface area (Å²) in [7, 11) is 0. The van der Waals surface area contributed by atoms with Gasteiger partial charge in [0.05, 0.1) is 19.3 Å². The smallest absolute Gasteiger partial charge is 0.317 e. The van der Waals surface area contributed by atoms with Crippen LogP contribution in [0.2, 0.25) is 0 Å². The minimum Gasteiger partial charge on any atom is -0.391 e. The van der Waals surface area contributed by atoms with Crippen LogP contribution in [0.3, 0.4) is 0 Å². The third-order valence-corrected chi connectivity index (χ3v) is 2.53. The van der Waals surface area contributed by atoms with Gasteiger partial charge >= 0.3 is 6.03 Å². The standard InChI is InChI=1S/C10H20N2O3/c1-8(2)9(13)7-11-10(14)12-3-5-15-6-4-12/h8-9,13H,3-7H2,1-2H3,(H,11,14). The van der Waals surface area contributed by atoms with Crippen LogP contribution >= 0.6 is 0 Å². The Hall–Kier alpha value is -0.810. The van der Waals surface area contributed by atoms with Gasteiger partial charge < -0.3 is 20.1 Å². The number of aliphatic hydroxyl groups excluding tert-OH is 1. The molecule has 0 saturated carbocycles. The fraction of sp³-hybridized carbons (Fsp3) is 0.900. The molecule has 0 aromatic rings. The third-order valence-electron chi connectivity index (χ3n) is 2.53. The Bertz CT molecular complexity index is 203. The first-order chi connectivity index (χ1) is 7.11.